The molecule has 1 nitrogen and oxygen atoms in total. The second kappa shape index (κ2) is 15.9. The van der Waals surface area contributed by atoms with Crippen molar-refractivity contribution < 1.29 is 22.0 Å². The number of rotatable bonds is 9. The van der Waals surface area contributed by atoms with E-state index in [0.717, 1.165) is 39.2 Å². The number of halogens is 5. The highest BCUT2D eigenvalue weighted by Crippen LogP contribution is 2.75. The SMILES string of the molecule is Fc1c(F)c(F)c(-n2c3ccc(S(c4ccccc4)(c4ccccc4)c4ccccc4)cc3c3cc(S(c4ccccc4)(c4ccccc4)c4ccccc4)ccc32)c(F)c1F. The summed E-state index contributed by atoms with van der Waals surface area (Å²) in [5.41, 5.74) is -0.472. The standard InChI is InChI=1S/C54H36F5NS2/c55-49-50(56)52(58)54(53(59)51(49)57)60-47-33-31-43(61(37-19-7-1-8-20-37,38-21-9-2-10-22-38)39-23-11-3-12-24-39)35-45(47)46-36-44(32-34-48(46)60)62(40-25-13-4-14-26-40,41-27-15-5-16-28-41)42-29-17-6-18-30-42/h1-36H. The van der Waals surface area contributed by atoms with Crippen LogP contribution in [0.5, 0.6) is 0 Å². The smallest absolute Gasteiger partial charge is 0.200 e. The van der Waals surface area contributed by atoms with Crippen molar-refractivity contribution in [1.29, 1.82) is 0 Å². The highest BCUT2D eigenvalue weighted by molar-refractivity contribution is 8.34. The number of fused-ring (bicyclic) bond motifs is 3. The lowest BCUT2D eigenvalue weighted by Crippen LogP contribution is -2.10. The highest BCUT2D eigenvalue weighted by Gasteiger charge is 2.37. The minimum Gasteiger partial charge on any atom is -0.304 e. The summed E-state index contributed by atoms with van der Waals surface area (Å²) in [6.07, 6.45) is 0. The Kier molecular flexibility index (Phi) is 10.1. The molecule has 0 amide bonds. The van der Waals surface area contributed by atoms with E-state index in [1.54, 1.807) is 12.1 Å². The molecule has 0 aliphatic heterocycles. The first kappa shape index (κ1) is 39.3. The minimum atomic E-state index is -2.25. The first-order valence-electron chi connectivity index (χ1n) is 19.9. The zero-order valence-electron chi connectivity index (χ0n) is 32.9. The van der Waals surface area contributed by atoms with Crippen molar-refractivity contribution in [2.45, 2.75) is 39.2 Å². The summed E-state index contributed by atoms with van der Waals surface area (Å²) in [5, 5.41) is 1.18. The van der Waals surface area contributed by atoms with E-state index in [1.165, 1.54) is 4.57 Å². The lowest BCUT2D eigenvalue weighted by molar-refractivity contribution is 0.376. The van der Waals surface area contributed by atoms with Crippen molar-refractivity contribution in [3.8, 4) is 5.69 Å². The molecule has 0 saturated carbocycles. The first-order valence-corrected chi connectivity index (χ1v) is 23.2. The van der Waals surface area contributed by atoms with Gasteiger partial charge in [0, 0.05) is 49.9 Å². The predicted octanol–water partition coefficient (Wildman–Crippen LogP) is 16.2. The maximum absolute atomic E-state index is 16.2. The maximum atomic E-state index is 16.2. The summed E-state index contributed by atoms with van der Waals surface area (Å²) < 4.78 is 78.5. The van der Waals surface area contributed by atoms with Gasteiger partial charge in [0.2, 0.25) is 5.82 Å². The third-order valence-corrected chi connectivity index (χ3v) is 19.2. The molecule has 1 aromatic heterocycles. The summed E-state index contributed by atoms with van der Waals surface area (Å²) in [5.74, 6) is -10.1. The Balaban J connectivity index is 1.38. The van der Waals surface area contributed by atoms with Crippen molar-refractivity contribution in [1.82, 2.24) is 4.57 Å². The first-order chi connectivity index (χ1) is 30.4. The monoisotopic (exact) mass is 857 g/mol. The molecule has 0 spiro atoms. The fourth-order valence-electron chi connectivity index (χ4n) is 8.77. The maximum Gasteiger partial charge on any atom is 0.200 e. The van der Waals surface area contributed by atoms with Crippen molar-refractivity contribution in [3.63, 3.8) is 0 Å². The second-order valence-corrected chi connectivity index (χ2v) is 20.9. The molecule has 0 N–H and O–H groups in total. The molecule has 10 rings (SSSR count). The van der Waals surface area contributed by atoms with E-state index < -0.39 is 54.8 Å². The largest absolute Gasteiger partial charge is 0.304 e. The molecular formula is C54H36F5NS2. The summed E-state index contributed by atoms with van der Waals surface area (Å²) in [6.45, 7) is 0. The van der Waals surface area contributed by atoms with Gasteiger partial charge < -0.3 is 4.57 Å². The number of aromatic nitrogens is 1. The van der Waals surface area contributed by atoms with E-state index in [9.17, 15) is 4.39 Å². The third-order valence-electron chi connectivity index (χ3n) is 11.4. The van der Waals surface area contributed by atoms with Crippen LogP contribution in [0, 0.1) is 29.1 Å². The van der Waals surface area contributed by atoms with Gasteiger partial charge in [-0.25, -0.2) is 22.0 Å². The van der Waals surface area contributed by atoms with Gasteiger partial charge >= 0.3 is 0 Å². The van der Waals surface area contributed by atoms with Crippen LogP contribution in [0.2, 0.25) is 0 Å². The van der Waals surface area contributed by atoms with Gasteiger partial charge in [-0.15, -0.1) is 20.1 Å². The van der Waals surface area contributed by atoms with Crippen LogP contribution < -0.4 is 0 Å². The van der Waals surface area contributed by atoms with Gasteiger partial charge in [-0.2, -0.15) is 0 Å². The Morgan fingerprint density at radius 3 is 0.758 bits per heavy atom. The Labute approximate surface area is 359 Å². The summed E-state index contributed by atoms with van der Waals surface area (Å²) in [6, 6.07) is 73.0. The van der Waals surface area contributed by atoms with Gasteiger partial charge in [-0.05, 0) is 109 Å². The van der Waals surface area contributed by atoms with Crippen LogP contribution in [-0.4, -0.2) is 4.57 Å². The molecule has 10 aromatic rings. The van der Waals surface area contributed by atoms with Crippen LogP contribution in [0.4, 0.5) is 22.0 Å². The summed E-state index contributed by atoms with van der Waals surface area (Å²) in [4.78, 5) is 8.18. The van der Waals surface area contributed by atoms with Gasteiger partial charge in [-0.1, -0.05) is 109 Å². The van der Waals surface area contributed by atoms with Crippen LogP contribution in [0.15, 0.2) is 258 Å². The van der Waals surface area contributed by atoms with E-state index in [2.05, 4.69) is 84.9 Å². The van der Waals surface area contributed by atoms with Crippen molar-refractivity contribution in [2.24, 2.45) is 0 Å². The van der Waals surface area contributed by atoms with Crippen LogP contribution >= 0.6 is 20.1 Å². The predicted molar refractivity (Wildman–Crippen MR) is 241 cm³/mol. The molecule has 0 bridgehead atoms. The molecule has 8 heteroatoms. The third kappa shape index (κ3) is 6.00. The van der Waals surface area contributed by atoms with Crippen LogP contribution in [0.3, 0.4) is 0 Å². The van der Waals surface area contributed by atoms with Gasteiger partial charge in [0.15, 0.2) is 23.3 Å². The molecular weight excluding hydrogens is 822 g/mol. The van der Waals surface area contributed by atoms with E-state index in [0.29, 0.717) is 10.8 Å². The molecule has 0 unspecified atom stereocenters. The fourth-order valence-corrected chi connectivity index (χ4v) is 16.6. The Morgan fingerprint density at radius 1 is 0.258 bits per heavy atom. The average molecular weight is 858 g/mol. The van der Waals surface area contributed by atoms with Crippen LogP contribution in [0.25, 0.3) is 27.5 Å². The van der Waals surface area contributed by atoms with Gasteiger partial charge in [0.25, 0.3) is 0 Å². The molecule has 304 valence electrons. The van der Waals surface area contributed by atoms with E-state index in [-0.39, 0.29) is 11.0 Å². The number of hydrogen-bond donors (Lipinski definition) is 0. The van der Waals surface area contributed by atoms with Crippen molar-refractivity contribution in [2.75, 3.05) is 0 Å². The Bertz CT molecular complexity index is 2810. The summed E-state index contributed by atoms with van der Waals surface area (Å²) in [7, 11) is -4.50. The van der Waals surface area contributed by atoms with E-state index >= 15 is 17.6 Å². The highest BCUT2D eigenvalue weighted by atomic mass is 32.3. The molecule has 9 aromatic carbocycles. The topological polar surface area (TPSA) is 4.93 Å². The average Bonchev–Trinajstić information content (AvgIpc) is 3.65. The number of hydrogen-bond acceptors (Lipinski definition) is 0. The second-order valence-electron chi connectivity index (χ2n) is 14.7. The van der Waals surface area contributed by atoms with Gasteiger partial charge in [-0.3, -0.25) is 0 Å². The molecule has 0 aliphatic rings. The Morgan fingerprint density at radius 2 is 0.500 bits per heavy atom. The van der Waals surface area contributed by atoms with Crippen LogP contribution in [-0.2, 0) is 0 Å². The molecule has 0 fully saturated rings. The van der Waals surface area contributed by atoms with Crippen molar-refractivity contribution >= 4 is 41.9 Å². The number of benzene rings is 9. The normalized spacial score (nSPS) is 12.5. The minimum absolute atomic E-state index is 0.284. The van der Waals surface area contributed by atoms with Gasteiger partial charge in [0.05, 0.1) is 11.0 Å². The molecule has 0 saturated heterocycles. The lowest BCUT2D eigenvalue weighted by Gasteiger charge is -2.42. The van der Waals surface area contributed by atoms with Crippen LogP contribution in [0.1, 0.15) is 0 Å². The zero-order valence-corrected chi connectivity index (χ0v) is 34.6. The Hall–Kier alpha value is -6.87. The van der Waals surface area contributed by atoms with E-state index in [4.69, 9.17) is 0 Å². The van der Waals surface area contributed by atoms with Gasteiger partial charge in [0.1, 0.15) is 5.69 Å². The molecule has 62 heavy (non-hydrogen) atoms. The van der Waals surface area contributed by atoms with E-state index in [1.807, 2.05) is 121 Å². The fraction of sp³-hybridized carbons (Fsp3) is 0. The molecule has 0 aliphatic carbocycles. The van der Waals surface area contributed by atoms with Crippen molar-refractivity contribution in [3.05, 3.63) is 247 Å². The number of nitrogens with zero attached hydrogens (tertiary/aromatic N) is 1. The summed E-state index contributed by atoms with van der Waals surface area (Å²) >= 11 is 0. The zero-order chi connectivity index (χ0) is 42.4. The molecule has 0 atom stereocenters. The quantitative estimate of drug-likeness (QED) is 0.0774. The lowest BCUT2D eigenvalue weighted by atomic mass is 10.1. The molecule has 0 radical (unpaired) electrons. The molecule has 1 heterocycles.